The molecule has 2 heteroatoms. The molecular formula is C18H22O2. The Bertz CT molecular complexity index is 627. The van der Waals surface area contributed by atoms with Gasteiger partial charge in [-0.2, -0.15) is 0 Å². The Kier molecular flexibility index (Phi) is 4.46. The third kappa shape index (κ3) is 2.32. The predicted molar refractivity (Wildman–Crippen MR) is 84.4 cm³/mol. The first-order chi connectivity index (χ1) is 9.65. The number of methoxy groups -OCH3 is 1. The number of rotatable bonds is 5. The van der Waals surface area contributed by atoms with Crippen molar-refractivity contribution in [3.63, 3.8) is 0 Å². The van der Waals surface area contributed by atoms with Crippen LogP contribution in [0.25, 0.3) is 10.8 Å². The van der Waals surface area contributed by atoms with E-state index < -0.39 is 6.10 Å². The fourth-order valence-electron chi connectivity index (χ4n) is 2.99. The van der Waals surface area contributed by atoms with Gasteiger partial charge in [0.25, 0.3) is 0 Å². The van der Waals surface area contributed by atoms with E-state index in [9.17, 15) is 5.11 Å². The molecule has 0 aliphatic heterocycles. The maximum Gasteiger partial charge on any atom is 0.132 e. The molecule has 0 aliphatic carbocycles. The highest BCUT2D eigenvalue weighted by atomic mass is 16.5. The molecule has 1 N–H and O–H groups in total. The van der Waals surface area contributed by atoms with Crippen molar-refractivity contribution in [1.29, 1.82) is 0 Å². The average Bonchev–Trinajstić information content (AvgIpc) is 2.45. The van der Waals surface area contributed by atoms with Gasteiger partial charge in [-0.25, -0.2) is 0 Å². The maximum absolute atomic E-state index is 10.2. The molecule has 2 rings (SSSR count). The molecule has 0 saturated heterocycles. The van der Waals surface area contributed by atoms with E-state index in [1.54, 1.807) is 14.0 Å². The van der Waals surface area contributed by atoms with Crippen LogP contribution in [0.3, 0.4) is 0 Å². The highest BCUT2D eigenvalue weighted by Gasteiger charge is 2.21. The molecule has 0 aliphatic rings. The monoisotopic (exact) mass is 270 g/mol. The van der Waals surface area contributed by atoms with Gasteiger partial charge in [-0.15, -0.1) is 6.58 Å². The first kappa shape index (κ1) is 14.6. The number of ether oxygens (including phenoxy) is 1. The molecule has 0 saturated carbocycles. The highest BCUT2D eigenvalue weighted by Crippen LogP contribution is 2.40. The zero-order valence-electron chi connectivity index (χ0n) is 12.4. The Labute approximate surface area is 120 Å². The van der Waals surface area contributed by atoms with Gasteiger partial charge in [-0.3, -0.25) is 0 Å². The van der Waals surface area contributed by atoms with Gasteiger partial charge in [0.05, 0.1) is 13.2 Å². The second-order valence-electron chi connectivity index (χ2n) is 4.97. The van der Waals surface area contributed by atoms with Crippen LogP contribution in [-0.4, -0.2) is 12.2 Å². The third-order valence-corrected chi connectivity index (χ3v) is 3.75. The van der Waals surface area contributed by atoms with Gasteiger partial charge in [-0.05, 0) is 36.3 Å². The van der Waals surface area contributed by atoms with Gasteiger partial charge in [0.1, 0.15) is 5.75 Å². The average molecular weight is 270 g/mol. The van der Waals surface area contributed by atoms with E-state index in [1.165, 1.54) is 10.9 Å². The molecule has 0 spiro atoms. The number of fused-ring (bicyclic) bond motifs is 1. The van der Waals surface area contributed by atoms with Crippen LogP contribution in [0.1, 0.15) is 36.6 Å². The lowest BCUT2D eigenvalue weighted by Crippen LogP contribution is -2.07. The number of aryl methyl sites for hydroxylation is 1. The van der Waals surface area contributed by atoms with E-state index in [1.807, 2.05) is 18.2 Å². The van der Waals surface area contributed by atoms with Crippen LogP contribution in [0.5, 0.6) is 5.75 Å². The number of benzene rings is 2. The fraction of sp³-hybridized carbons (Fsp3) is 0.333. The van der Waals surface area contributed by atoms with Gasteiger partial charge in [0.2, 0.25) is 0 Å². The quantitative estimate of drug-likeness (QED) is 0.825. The smallest absolute Gasteiger partial charge is 0.132 e. The van der Waals surface area contributed by atoms with E-state index in [0.29, 0.717) is 0 Å². The lowest BCUT2D eigenvalue weighted by molar-refractivity contribution is 0.193. The number of aliphatic hydroxyl groups is 1. The molecule has 0 fully saturated rings. The largest absolute Gasteiger partial charge is 0.496 e. The summed E-state index contributed by atoms with van der Waals surface area (Å²) >= 11 is 0. The molecule has 2 aromatic rings. The number of hydrogen-bond donors (Lipinski definition) is 1. The van der Waals surface area contributed by atoms with Crippen molar-refractivity contribution in [3.05, 3.63) is 53.6 Å². The highest BCUT2D eigenvalue weighted by molar-refractivity contribution is 5.94. The standard InChI is InChI=1S/C18H22O2/c1-5-9-15-13(6-2)14-10-7-8-11-16(14)18(20-4)17(15)12(3)19/h5,7-8,10-12,19H,1,6,9H2,2-4H3. The van der Waals surface area contributed by atoms with E-state index in [-0.39, 0.29) is 0 Å². The zero-order chi connectivity index (χ0) is 14.7. The summed E-state index contributed by atoms with van der Waals surface area (Å²) in [7, 11) is 1.66. The van der Waals surface area contributed by atoms with Crippen LogP contribution in [0.4, 0.5) is 0 Å². The Morgan fingerprint density at radius 3 is 2.40 bits per heavy atom. The van der Waals surface area contributed by atoms with Crippen LogP contribution in [0.2, 0.25) is 0 Å². The van der Waals surface area contributed by atoms with Crippen LogP contribution < -0.4 is 4.74 Å². The van der Waals surface area contributed by atoms with E-state index in [0.717, 1.165) is 35.1 Å². The van der Waals surface area contributed by atoms with E-state index in [2.05, 4.69) is 25.6 Å². The molecule has 0 aromatic heterocycles. The van der Waals surface area contributed by atoms with Crippen molar-refractivity contribution >= 4 is 10.8 Å². The van der Waals surface area contributed by atoms with Crippen molar-refractivity contribution in [2.24, 2.45) is 0 Å². The Balaban J connectivity index is 2.96. The molecule has 20 heavy (non-hydrogen) atoms. The predicted octanol–water partition coefficient (Wildman–Crippen LogP) is 4.19. The second-order valence-corrected chi connectivity index (χ2v) is 4.97. The number of hydrogen-bond acceptors (Lipinski definition) is 2. The van der Waals surface area contributed by atoms with Gasteiger partial charge in [-0.1, -0.05) is 37.3 Å². The van der Waals surface area contributed by atoms with Crippen LogP contribution in [-0.2, 0) is 12.8 Å². The summed E-state index contributed by atoms with van der Waals surface area (Å²) in [5.74, 6) is 0.782. The first-order valence-corrected chi connectivity index (χ1v) is 7.04. The number of aliphatic hydroxyl groups excluding tert-OH is 1. The summed E-state index contributed by atoms with van der Waals surface area (Å²) in [5.41, 5.74) is 3.31. The van der Waals surface area contributed by atoms with Crippen molar-refractivity contribution in [2.45, 2.75) is 32.8 Å². The Morgan fingerprint density at radius 2 is 1.90 bits per heavy atom. The van der Waals surface area contributed by atoms with Crippen LogP contribution >= 0.6 is 0 Å². The summed E-state index contributed by atoms with van der Waals surface area (Å²) in [6.45, 7) is 7.78. The minimum absolute atomic E-state index is 0.560. The summed E-state index contributed by atoms with van der Waals surface area (Å²) < 4.78 is 5.61. The van der Waals surface area contributed by atoms with Crippen molar-refractivity contribution in [1.82, 2.24) is 0 Å². The molecule has 2 nitrogen and oxygen atoms in total. The van der Waals surface area contributed by atoms with Crippen molar-refractivity contribution in [2.75, 3.05) is 7.11 Å². The normalized spacial score (nSPS) is 12.4. The lowest BCUT2D eigenvalue weighted by atomic mass is 9.88. The molecule has 0 radical (unpaired) electrons. The Morgan fingerprint density at radius 1 is 1.25 bits per heavy atom. The summed E-state index contributed by atoms with van der Waals surface area (Å²) in [6.07, 6.45) is 2.99. The van der Waals surface area contributed by atoms with E-state index in [4.69, 9.17) is 4.74 Å². The van der Waals surface area contributed by atoms with E-state index >= 15 is 0 Å². The SMILES string of the molecule is C=CCc1c(C(C)O)c(OC)c2ccccc2c1CC. The Hall–Kier alpha value is -1.80. The van der Waals surface area contributed by atoms with Gasteiger partial charge >= 0.3 is 0 Å². The molecule has 1 atom stereocenters. The molecular weight excluding hydrogens is 248 g/mol. The number of allylic oxidation sites excluding steroid dienone is 1. The minimum Gasteiger partial charge on any atom is -0.496 e. The van der Waals surface area contributed by atoms with Crippen LogP contribution in [0.15, 0.2) is 36.9 Å². The zero-order valence-corrected chi connectivity index (χ0v) is 12.4. The minimum atomic E-state index is -0.560. The molecule has 0 bridgehead atoms. The topological polar surface area (TPSA) is 29.5 Å². The first-order valence-electron chi connectivity index (χ1n) is 7.04. The molecule has 2 aromatic carbocycles. The lowest BCUT2D eigenvalue weighted by Gasteiger charge is -2.22. The van der Waals surface area contributed by atoms with Gasteiger partial charge < -0.3 is 9.84 Å². The molecule has 0 amide bonds. The molecule has 1 unspecified atom stereocenters. The summed E-state index contributed by atoms with van der Waals surface area (Å²) in [4.78, 5) is 0. The molecule has 0 heterocycles. The van der Waals surface area contributed by atoms with Crippen molar-refractivity contribution < 1.29 is 9.84 Å². The third-order valence-electron chi connectivity index (χ3n) is 3.75. The maximum atomic E-state index is 10.2. The molecule has 106 valence electrons. The van der Waals surface area contributed by atoms with Gasteiger partial charge in [0.15, 0.2) is 0 Å². The summed E-state index contributed by atoms with van der Waals surface area (Å²) in [5, 5.41) is 12.5. The van der Waals surface area contributed by atoms with Gasteiger partial charge in [0, 0.05) is 10.9 Å². The fourth-order valence-corrected chi connectivity index (χ4v) is 2.99. The van der Waals surface area contributed by atoms with Crippen LogP contribution in [0, 0.1) is 0 Å². The van der Waals surface area contributed by atoms with Crippen molar-refractivity contribution in [3.8, 4) is 5.75 Å². The second kappa shape index (κ2) is 6.10. The summed E-state index contributed by atoms with van der Waals surface area (Å²) in [6, 6.07) is 8.22.